The van der Waals surface area contributed by atoms with E-state index in [9.17, 15) is 14.4 Å². The highest BCUT2D eigenvalue weighted by molar-refractivity contribution is 6.30. The molecule has 0 unspecified atom stereocenters. The van der Waals surface area contributed by atoms with Gasteiger partial charge in [-0.2, -0.15) is 0 Å². The van der Waals surface area contributed by atoms with Crippen molar-refractivity contribution in [1.82, 2.24) is 4.90 Å². The SMILES string of the molecule is CC(=O)c1ccc(N2CCN([C@@H]3CC(=O)N(c4ccc(Oc5ccc(Cl)cc5)cc4)C3=O)CC2)cc1. The molecular weight excluding hydrogens is 478 g/mol. The van der Waals surface area contributed by atoms with Gasteiger partial charge < -0.3 is 9.64 Å². The third-order valence-electron chi connectivity index (χ3n) is 6.66. The molecule has 0 spiro atoms. The van der Waals surface area contributed by atoms with Gasteiger partial charge in [0.15, 0.2) is 5.78 Å². The highest BCUT2D eigenvalue weighted by Gasteiger charge is 2.43. The van der Waals surface area contributed by atoms with Gasteiger partial charge in [-0.05, 0) is 79.7 Å². The van der Waals surface area contributed by atoms with Crippen LogP contribution in [0.3, 0.4) is 0 Å². The van der Waals surface area contributed by atoms with Crippen molar-refractivity contribution in [1.29, 1.82) is 0 Å². The molecule has 5 rings (SSSR count). The number of imide groups is 1. The van der Waals surface area contributed by atoms with Crippen LogP contribution in [0.5, 0.6) is 11.5 Å². The first-order valence-corrected chi connectivity index (χ1v) is 12.3. The van der Waals surface area contributed by atoms with Crippen molar-refractivity contribution >= 4 is 40.6 Å². The number of anilines is 2. The quantitative estimate of drug-likeness (QED) is 0.356. The molecule has 8 heteroatoms. The van der Waals surface area contributed by atoms with Gasteiger partial charge in [-0.3, -0.25) is 19.3 Å². The molecule has 3 aromatic rings. The van der Waals surface area contributed by atoms with Crippen LogP contribution in [0.15, 0.2) is 72.8 Å². The number of carbonyl (C=O) groups is 3. The highest BCUT2D eigenvalue weighted by atomic mass is 35.5. The Hall–Kier alpha value is -3.68. The number of ketones is 1. The third-order valence-corrected chi connectivity index (χ3v) is 6.91. The van der Waals surface area contributed by atoms with Gasteiger partial charge in [0.2, 0.25) is 5.91 Å². The minimum absolute atomic E-state index is 0.0454. The van der Waals surface area contributed by atoms with Gasteiger partial charge >= 0.3 is 0 Å². The summed E-state index contributed by atoms with van der Waals surface area (Å²) >= 11 is 5.91. The summed E-state index contributed by atoms with van der Waals surface area (Å²) in [5.74, 6) is 0.909. The van der Waals surface area contributed by atoms with E-state index in [2.05, 4.69) is 9.80 Å². The first kappa shape index (κ1) is 24.0. The van der Waals surface area contributed by atoms with Gasteiger partial charge in [0.1, 0.15) is 11.5 Å². The van der Waals surface area contributed by atoms with Crippen molar-refractivity contribution < 1.29 is 19.1 Å². The van der Waals surface area contributed by atoms with E-state index < -0.39 is 6.04 Å². The van der Waals surface area contributed by atoms with Crippen LogP contribution in [-0.4, -0.2) is 54.7 Å². The zero-order valence-electron chi connectivity index (χ0n) is 19.9. The van der Waals surface area contributed by atoms with Crippen molar-refractivity contribution in [2.24, 2.45) is 0 Å². The van der Waals surface area contributed by atoms with Crippen molar-refractivity contribution in [3.05, 3.63) is 83.4 Å². The van der Waals surface area contributed by atoms with Crippen LogP contribution in [0.25, 0.3) is 0 Å². The molecule has 2 amide bonds. The molecule has 0 N–H and O–H groups in total. The van der Waals surface area contributed by atoms with Crippen molar-refractivity contribution in [3.8, 4) is 11.5 Å². The number of rotatable bonds is 6. The minimum Gasteiger partial charge on any atom is -0.457 e. The molecule has 2 heterocycles. The van der Waals surface area contributed by atoms with E-state index in [1.807, 2.05) is 24.3 Å². The van der Waals surface area contributed by atoms with Crippen LogP contribution in [0.2, 0.25) is 5.02 Å². The summed E-state index contributed by atoms with van der Waals surface area (Å²) < 4.78 is 5.81. The molecule has 0 radical (unpaired) electrons. The number of ether oxygens (including phenoxy) is 1. The Balaban J connectivity index is 1.20. The Morgan fingerprint density at radius 2 is 1.36 bits per heavy atom. The van der Waals surface area contributed by atoms with E-state index in [1.54, 1.807) is 55.5 Å². The van der Waals surface area contributed by atoms with Crippen LogP contribution in [0, 0.1) is 0 Å². The molecule has 3 aromatic carbocycles. The molecule has 2 aliphatic heterocycles. The Labute approximate surface area is 214 Å². The second kappa shape index (κ2) is 10.1. The van der Waals surface area contributed by atoms with Gasteiger partial charge in [-0.1, -0.05) is 11.6 Å². The number of amides is 2. The molecular formula is C28H26ClN3O4. The highest BCUT2D eigenvalue weighted by Crippen LogP contribution is 2.30. The molecule has 0 saturated carbocycles. The second-order valence-electron chi connectivity index (χ2n) is 8.96. The molecule has 184 valence electrons. The summed E-state index contributed by atoms with van der Waals surface area (Å²) in [7, 11) is 0. The fourth-order valence-electron chi connectivity index (χ4n) is 4.67. The molecule has 0 aromatic heterocycles. The van der Waals surface area contributed by atoms with E-state index >= 15 is 0 Å². The Morgan fingerprint density at radius 3 is 1.94 bits per heavy atom. The number of halogens is 1. The Morgan fingerprint density at radius 1 is 0.806 bits per heavy atom. The lowest BCUT2D eigenvalue weighted by Gasteiger charge is -2.38. The maximum absolute atomic E-state index is 13.3. The standard InChI is InChI=1S/C28H26ClN3O4/c1-19(33)20-2-6-22(7-3-20)30-14-16-31(17-15-30)26-18-27(34)32(28(26)35)23-8-12-25(13-9-23)36-24-10-4-21(29)5-11-24/h2-13,26H,14-18H2,1H3/t26-/m1/s1. The number of carbonyl (C=O) groups excluding carboxylic acids is 3. The van der Waals surface area contributed by atoms with Crippen LogP contribution in [-0.2, 0) is 9.59 Å². The predicted octanol–water partition coefficient (Wildman–Crippen LogP) is 4.79. The first-order valence-electron chi connectivity index (χ1n) is 11.9. The van der Waals surface area contributed by atoms with Crippen LogP contribution < -0.4 is 14.5 Å². The Kier molecular flexibility index (Phi) is 6.76. The van der Waals surface area contributed by atoms with Crippen molar-refractivity contribution in [2.45, 2.75) is 19.4 Å². The number of nitrogens with zero attached hydrogens (tertiary/aromatic N) is 3. The molecule has 2 fully saturated rings. The van der Waals surface area contributed by atoms with Crippen LogP contribution in [0.4, 0.5) is 11.4 Å². The lowest BCUT2D eigenvalue weighted by molar-refractivity contribution is -0.123. The van der Waals surface area contributed by atoms with Gasteiger partial charge in [0.05, 0.1) is 18.2 Å². The van der Waals surface area contributed by atoms with E-state index in [-0.39, 0.29) is 24.0 Å². The summed E-state index contributed by atoms with van der Waals surface area (Å²) in [5.41, 5.74) is 2.29. The molecule has 36 heavy (non-hydrogen) atoms. The van der Waals surface area contributed by atoms with E-state index in [0.29, 0.717) is 40.9 Å². The zero-order valence-corrected chi connectivity index (χ0v) is 20.6. The summed E-state index contributed by atoms with van der Waals surface area (Å²) in [4.78, 5) is 43.2. The fraction of sp³-hybridized carbons (Fsp3) is 0.250. The Bertz CT molecular complexity index is 1270. The monoisotopic (exact) mass is 503 g/mol. The minimum atomic E-state index is -0.454. The fourth-order valence-corrected chi connectivity index (χ4v) is 4.80. The molecule has 0 bridgehead atoms. The van der Waals surface area contributed by atoms with Crippen LogP contribution in [0.1, 0.15) is 23.7 Å². The number of piperazine rings is 1. The summed E-state index contributed by atoms with van der Waals surface area (Å²) in [6, 6.07) is 21.1. The molecule has 2 saturated heterocycles. The number of hydrogen-bond acceptors (Lipinski definition) is 6. The van der Waals surface area contributed by atoms with Crippen molar-refractivity contribution in [3.63, 3.8) is 0 Å². The maximum Gasteiger partial charge on any atom is 0.251 e. The van der Waals surface area contributed by atoms with E-state index in [1.165, 1.54) is 4.90 Å². The lowest BCUT2D eigenvalue weighted by atomic mass is 10.1. The van der Waals surface area contributed by atoms with E-state index in [4.69, 9.17) is 16.3 Å². The number of hydrogen-bond donors (Lipinski definition) is 0. The third kappa shape index (κ3) is 4.98. The number of benzene rings is 3. The largest absolute Gasteiger partial charge is 0.457 e. The maximum atomic E-state index is 13.3. The molecule has 7 nitrogen and oxygen atoms in total. The average Bonchev–Trinajstić information content (AvgIpc) is 3.19. The van der Waals surface area contributed by atoms with Crippen LogP contribution >= 0.6 is 11.6 Å². The topological polar surface area (TPSA) is 70.2 Å². The normalized spacial score (nSPS) is 18.6. The van der Waals surface area contributed by atoms with Gasteiger partial charge in [-0.15, -0.1) is 0 Å². The molecule has 2 aliphatic rings. The van der Waals surface area contributed by atoms with E-state index in [0.717, 1.165) is 18.8 Å². The first-order chi connectivity index (χ1) is 17.4. The second-order valence-corrected chi connectivity index (χ2v) is 9.40. The summed E-state index contributed by atoms with van der Waals surface area (Å²) in [6.07, 6.45) is 0.176. The van der Waals surface area contributed by atoms with Gasteiger partial charge in [0.25, 0.3) is 5.91 Å². The number of Topliss-reactive ketones (excluding diaryl/α,β-unsaturated/α-hetero) is 1. The summed E-state index contributed by atoms with van der Waals surface area (Å²) in [5, 5.41) is 0.628. The van der Waals surface area contributed by atoms with Gasteiger partial charge in [-0.25, -0.2) is 4.90 Å². The average molecular weight is 504 g/mol. The smallest absolute Gasteiger partial charge is 0.251 e. The molecule has 0 aliphatic carbocycles. The van der Waals surface area contributed by atoms with Gasteiger partial charge in [0, 0.05) is 42.5 Å². The van der Waals surface area contributed by atoms with Crippen molar-refractivity contribution in [2.75, 3.05) is 36.0 Å². The summed E-state index contributed by atoms with van der Waals surface area (Å²) in [6.45, 7) is 4.41. The predicted molar refractivity (Wildman–Crippen MR) is 139 cm³/mol. The lowest BCUT2D eigenvalue weighted by Crippen LogP contribution is -2.52. The zero-order chi connectivity index (χ0) is 25.2. The molecule has 1 atom stereocenters.